The molecule has 1 aromatic carbocycles. The highest BCUT2D eigenvalue weighted by Crippen LogP contribution is 2.27. The summed E-state index contributed by atoms with van der Waals surface area (Å²) < 4.78 is 0. The predicted molar refractivity (Wildman–Crippen MR) is 83.4 cm³/mol. The van der Waals surface area contributed by atoms with Crippen molar-refractivity contribution in [2.24, 2.45) is 0 Å². The van der Waals surface area contributed by atoms with E-state index in [9.17, 15) is 5.11 Å². The van der Waals surface area contributed by atoms with Crippen LogP contribution in [0.25, 0.3) is 0 Å². The summed E-state index contributed by atoms with van der Waals surface area (Å²) in [5.41, 5.74) is 1.77. The first-order valence-electron chi connectivity index (χ1n) is 6.26. The van der Waals surface area contributed by atoms with Crippen molar-refractivity contribution < 1.29 is 5.11 Å². The largest absolute Gasteiger partial charge is 0.392 e. The Hall–Kier alpha value is -1.29. The number of anilines is 1. The smallest absolute Gasteiger partial charge is 0.129 e. The number of pyridine rings is 1. The Morgan fingerprint density at radius 2 is 2.05 bits per heavy atom. The van der Waals surface area contributed by atoms with Crippen LogP contribution in [0.4, 0.5) is 5.82 Å². The number of nitrogens with zero attached hydrogens (tertiary/aromatic N) is 2. The molecule has 0 amide bonds. The van der Waals surface area contributed by atoms with Crippen molar-refractivity contribution >= 4 is 29.0 Å². The predicted octanol–water partition coefficient (Wildman–Crippen LogP) is 4.08. The third kappa shape index (κ3) is 3.23. The van der Waals surface area contributed by atoms with E-state index in [0.29, 0.717) is 15.6 Å². The van der Waals surface area contributed by atoms with Gasteiger partial charge >= 0.3 is 0 Å². The lowest BCUT2D eigenvalue weighted by molar-refractivity contribution is 0.282. The molecule has 2 rings (SSSR count). The molecule has 1 aromatic heterocycles. The highest BCUT2D eigenvalue weighted by molar-refractivity contribution is 6.31. The van der Waals surface area contributed by atoms with E-state index in [4.69, 9.17) is 23.2 Å². The van der Waals surface area contributed by atoms with Gasteiger partial charge in [-0.2, -0.15) is 0 Å². The molecule has 0 spiro atoms. The SMILES string of the molecule is CC(c1cccc(Cl)c1)N(C)c1cc(CO)c(Cl)cn1. The van der Waals surface area contributed by atoms with Crippen molar-refractivity contribution in [1.29, 1.82) is 0 Å². The molecule has 0 radical (unpaired) electrons. The molecule has 1 unspecified atom stereocenters. The van der Waals surface area contributed by atoms with Crippen LogP contribution < -0.4 is 4.90 Å². The van der Waals surface area contributed by atoms with Crippen LogP contribution in [-0.2, 0) is 6.61 Å². The van der Waals surface area contributed by atoms with Gasteiger partial charge in [-0.25, -0.2) is 4.98 Å². The standard InChI is InChI=1S/C15H16Cl2N2O/c1-10(11-4-3-5-13(16)6-11)19(2)15-7-12(9-20)14(17)8-18-15/h3-8,10,20H,9H2,1-2H3. The van der Waals surface area contributed by atoms with Gasteiger partial charge in [0.15, 0.2) is 0 Å². The van der Waals surface area contributed by atoms with E-state index in [1.54, 1.807) is 12.3 Å². The fourth-order valence-corrected chi connectivity index (χ4v) is 2.33. The zero-order valence-electron chi connectivity index (χ0n) is 11.3. The molecular formula is C15H16Cl2N2O. The van der Waals surface area contributed by atoms with Crippen LogP contribution >= 0.6 is 23.2 Å². The fraction of sp³-hybridized carbons (Fsp3) is 0.267. The van der Waals surface area contributed by atoms with E-state index in [0.717, 1.165) is 11.4 Å². The summed E-state index contributed by atoms with van der Waals surface area (Å²) in [6, 6.07) is 9.64. The monoisotopic (exact) mass is 310 g/mol. The fourth-order valence-electron chi connectivity index (χ4n) is 1.97. The van der Waals surface area contributed by atoms with E-state index in [1.807, 2.05) is 36.2 Å². The van der Waals surface area contributed by atoms with Gasteiger partial charge in [0.2, 0.25) is 0 Å². The van der Waals surface area contributed by atoms with Crippen LogP contribution in [0, 0.1) is 0 Å². The van der Waals surface area contributed by atoms with Crippen molar-refractivity contribution in [2.75, 3.05) is 11.9 Å². The summed E-state index contributed by atoms with van der Waals surface area (Å²) in [6.07, 6.45) is 1.56. The number of halogens is 2. The number of aliphatic hydroxyl groups excluding tert-OH is 1. The molecule has 1 N–H and O–H groups in total. The zero-order valence-corrected chi connectivity index (χ0v) is 12.9. The molecule has 20 heavy (non-hydrogen) atoms. The average molecular weight is 311 g/mol. The lowest BCUT2D eigenvalue weighted by Gasteiger charge is -2.27. The maximum atomic E-state index is 9.27. The Morgan fingerprint density at radius 1 is 1.30 bits per heavy atom. The first-order valence-corrected chi connectivity index (χ1v) is 7.02. The molecule has 0 bridgehead atoms. The summed E-state index contributed by atoms with van der Waals surface area (Å²) in [4.78, 5) is 6.32. The number of aliphatic hydroxyl groups is 1. The molecule has 106 valence electrons. The van der Waals surface area contributed by atoms with E-state index in [-0.39, 0.29) is 12.6 Å². The van der Waals surface area contributed by atoms with Crippen molar-refractivity contribution in [3.8, 4) is 0 Å². The van der Waals surface area contributed by atoms with Crippen LogP contribution in [0.1, 0.15) is 24.1 Å². The van der Waals surface area contributed by atoms with Crippen LogP contribution in [0.15, 0.2) is 36.5 Å². The van der Waals surface area contributed by atoms with Crippen molar-refractivity contribution in [1.82, 2.24) is 4.98 Å². The summed E-state index contributed by atoms with van der Waals surface area (Å²) in [6.45, 7) is 1.97. The Labute approximate surface area is 128 Å². The van der Waals surface area contributed by atoms with Gasteiger partial charge in [-0.05, 0) is 30.7 Å². The van der Waals surface area contributed by atoms with Crippen LogP contribution in [0.3, 0.4) is 0 Å². The van der Waals surface area contributed by atoms with E-state index >= 15 is 0 Å². The van der Waals surface area contributed by atoms with E-state index in [2.05, 4.69) is 11.9 Å². The van der Waals surface area contributed by atoms with Gasteiger partial charge in [-0.1, -0.05) is 35.3 Å². The molecular weight excluding hydrogens is 295 g/mol. The maximum absolute atomic E-state index is 9.27. The minimum absolute atomic E-state index is 0.103. The van der Waals surface area contributed by atoms with E-state index < -0.39 is 0 Å². The first kappa shape index (κ1) is 15.1. The second-order valence-electron chi connectivity index (χ2n) is 4.63. The molecule has 0 saturated heterocycles. The van der Waals surface area contributed by atoms with Gasteiger partial charge in [-0.15, -0.1) is 0 Å². The molecule has 0 fully saturated rings. The molecule has 5 heteroatoms. The van der Waals surface area contributed by atoms with Gasteiger partial charge in [0.1, 0.15) is 5.82 Å². The summed E-state index contributed by atoms with van der Waals surface area (Å²) >= 11 is 12.0. The minimum atomic E-state index is -0.103. The third-order valence-electron chi connectivity index (χ3n) is 3.36. The average Bonchev–Trinajstić information content (AvgIpc) is 2.46. The van der Waals surface area contributed by atoms with Crippen LogP contribution in [0.5, 0.6) is 0 Å². The molecule has 0 aliphatic carbocycles. The third-order valence-corrected chi connectivity index (χ3v) is 3.94. The van der Waals surface area contributed by atoms with Crippen LogP contribution in [-0.4, -0.2) is 17.1 Å². The summed E-state index contributed by atoms with van der Waals surface area (Å²) in [5.74, 6) is 0.755. The lowest BCUT2D eigenvalue weighted by atomic mass is 10.1. The quantitative estimate of drug-likeness (QED) is 0.924. The zero-order chi connectivity index (χ0) is 14.7. The lowest BCUT2D eigenvalue weighted by Crippen LogP contribution is -2.22. The van der Waals surface area contributed by atoms with Gasteiger partial charge in [0.25, 0.3) is 0 Å². The normalized spacial score (nSPS) is 12.2. The highest BCUT2D eigenvalue weighted by atomic mass is 35.5. The molecule has 0 aliphatic rings. The number of hydrogen-bond donors (Lipinski definition) is 1. The van der Waals surface area contributed by atoms with Gasteiger partial charge < -0.3 is 10.0 Å². The molecule has 0 saturated carbocycles. The van der Waals surface area contributed by atoms with Crippen LogP contribution in [0.2, 0.25) is 10.0 Å². The second-order valence-corrected chi connectivity index (χ2v) is 5.48. The Kier molecular flexibility index (Phi) is 4.86. The van der Waals surface area contributed by atoms with Crippen molar-refractivity contribution in [3.63, 3.8) is 0 Å². The van der Waals surface area contributed by atoms with Crippen molar-refractivity contribution in [2.45, 2.75) is 19.6 Å². The molecule has 1 atom stereocenters. The molecule has 1 heterocycles. The Balaban J connectivity index is 2.28. The Morgan fingerprint density at radius 3 is 2.70 bits per heavy atom. The second kappa shape index (κ2) is 6.44. The number of aromatic nitrogens is 1. The van der Waals surface area contributed by atoms with Gasteiger partial charge in [-0.3, -0.25) is 0 Å². The summed E-state index contributed by atoms with van der Waals surface area (Å²) in [5, 5.41) is 10.5. The van der Waals surface area contributed by atoms with Gasteiger partial charge in [0, 0.05) is 23.8 Å². The van der Waals surface area contributed by atoms with E-state index in [1.165, 1.54) is 0 Å². The van der Waals surface area contributed by atoms with Crippen molar-refractivity contribution in [3.05, 3.63) is 57.7 Å². The topological polar surface area (TPSA) is 36.4 Å². The number of hydrogen-bond acceptors (Lipinski definition) is 3. The number of benzene rings is 1. The van der Waals surface area contributed by atoms with Gasteiger partial charge in [0.05, 0.1) is 17.7 Å². The molecule has 3 nitrogen and oxygen atoms in total. The Bertz CT molecular complexity index is 604. The highest BCUT2D eigenvalue weighted by Gasteiger charge is 2.15. The summed E-state index contributed by atoms with van der Waals surface area (Å²) in [7, 11) is 1.95. The minimum Gasteiger partial charge on any atom is -0.392 e. The first-order chi connectivity index (χ1) is 9.52. The number of rotatable bonds is 4. The molecule has 0 aliphatic heterocycles. The molecule has 2 aromatic rings. The maximum Gasteiger partial charge on any atom is 0.129 e.